The smallest absolute Gasteiger partial charge is 0.275 e. The van der Waals surface area contributed by atoms with E-state index in [1.165, 1.54) is 0 Å². The van der Waals surface area contributed by atoms with Crippen molar-refractivity contribution in [2.45, 2.75) is 19.9 Å². The molecule has 3 rings (SSSR count). The van der Waals surface area contributed by atoms with Crippen molar-refractivity contribution in [1.82, 2.24) is 19.6 Å². The summed E-state index contributed by atoms with van der Waals surface area (Å²) < 4.78 is 7.03. The summed E-state index contributed by atoms with van der Waals surface area (Å²) in [5.74, 6) is 0.576. The first-order chi connectivity index (χ1) is 9.19. The Hall–Kier alpha value is -2.05. The van der Waals surface area contributed by atoms with Crippen LogP contribution in [0.3, 0.4) is 0 Å². The Labute approximate surface area is 110 Å². The molecule has 0 radical (unpaired) electrons. The molecule has 0 spiro atoms. The summed E-state index contributed by atoms with van der Waals surface area (Å²) in [4.78, 5) is 27.2. The molecule has 0 aromatic carbocycles. The van der Waals surface area contributed by atoms with Crippen LogP contribution in [-0.2, 0) is 11.3 Å². The molecule has 19 heavy (non-hydrogen) atoms. The second-order valence-corrected chi connectivity index (χ2v) is 4.66. The van der Waals surface area contributed by atoms with Crippen LogP contribution in [0.4, 0.5) is 0 Å². The Morgan fingerprint density at radius 2 is 2.11 bits per heavy atom. The van der Waals surface area contributed by atoms with E-state index in [0.29, 0.717) is 50.9 Å². The standard InChI is InChI=1S/C12H16N4O3/c1-2-10(17)14-3-4-15(8-14)12(18)9-7-11-16(13-9)5-6-19-11/h7H,2-6,8H2,1H3. The highest BCUT2D eigenvalue weighted by Gasteiger charge is 2.29. The van der Waals surface area contributed by atoms with E-state index in [4.69, 9.17) is 4.74 Å². The first-order valence-corrected chi connectivity index (χ1v) is 6.46. The van der Waals surface area contributed by atoms with Gasteiger partial charge in [-0.05, 0) is 0 Å². The molecule has 7 nitrogen and oxygen atoms in total. The largest absolute Gasteiger partial charge is 0.476 e. The minimum absolute atomic E-state index is 0.0750. The summed E-state index contributed by atoms with van der Waals surface area (Å²) in [5.41, 5.74) is 0.389. The monoisotopic (exact) mass is 264 g/mol. The number of ether oxygens (including phenoxy) is 1. The lowest BCUT2D eigenvalue weighted by molar-refractivity contribution is -0.130. The summed E-state index contributed by atoms with van der Waals surface area (Å²) >= 11 is 0. The molecule has 7 heteroatoms. The summed E-state index contributed by atoms with van der Waals surface area (Å²) in [6, 6.07) is 1.67. The van der Waals surface area contributed by atoms with Crippen molar-refractivity contribution in [2.75, 3.05) is 26.4 Å². The van der Waals surface area contributed by atoms with Crippen LogP contribution < -0.4 is 4.74 Å². The van der Waals surface area contributed by atoms with Crippen molar-refractivity contribution >= 4 is 11.8 Å². The number of aromatic nitrogens is 2. The van der Waals surface area contributed by atoms with Crippen molar-refractivity contribution in [3.05, 3.63) is 11.8 Å². The number of carbonyl (C=O) groups excluding carboxylic acids is 2. The van der Waals surface area contributed by atoms with Crippen molar-refractivity contribution in [3.8, 4) is 5.88 Å². The van der Waals surface area contributed by atoms with E-state index in [1.807, 2.05) is 6.92 Å². The second-order valence-electron chi connectivity index (χ2n) is 4.66. The number of fused-ring (bicyclic) bond motifs is 1. The van der Waals surface area contributed by atoms with Crippen LogP contribution in [0.2, 0.25) is 0 Å². The van der Waals surface area contributed by atoms with E-state index in [2.05, 4.69) is 5.10 Å². The molecule has 0 atom stereocenters. The number of carbonyl (C=O) groups is 2. The van der Waals surface area contributed by atoms with Gasteiger partial charge in [-0.1, -0.05) is 6.92 Å². The Bertz CT molecular complexity index is 504. The van der Waals surface area contributed by atoms with Gasteiger partial charge < -0.3 is 14.5 Å². The summed E-state index contributed by atoms with van der Waals surface area (Å²) in [7, 11) is 0. The maximum atomic E-state index is 12.3. The maximum Gasteiger partial charge on any atom is 0.275 e. The van der Waals surface area contributed by atoms with Gasteiger partial charge >= 0.3 is 0 Å². The predicted molar refractivity (Wildman–Crippen MR) is 65.6 cm³/mol. The van der Waals surface area contributed by atoms with E-state index in [0.717, 1.165) is 0 Å². The Balaban J connectivity index is 1.69. The summed E-state index contributed by atoms with van der Waals surface area (Å²) in [6.07, 6.45) is 0.467. The number of hydrogen-bond acceptors (Lipinski definition) is 4. The molecule has 0 aliphatic carbocycles. The first kappa shape index (κ1) is 12.0. The van der Waals surface area contributed by atoms with Gasteiger partial charge in [-0.3, -0.25) is 9.59 Å². The van der Waals surface area contributed by atoms with Crippen LogP contribution in [0.25, 0.3) is 0 Å². The molecule has 1 aromatic rings. The molecule has 0 unspecified atom stereocenters. The van der Waals surface area contributed by atoms with E-state index in [-0.39, 0.29) is 11.8 Å². The third-order valence-electron chi connectivity index (χ3n) is 3.44. The van der Waals surface area contributed by atoms with E-state index in [1.54, 1.807) is 20.5 Å². The predicted octanol–water partition coefficient (Wildman–Crippen LogP) is -0.0726. The molecule has 1 aromatic heterocycles. The molecule has 1 saturated heterocycles. The van der Waals surface area contributed by atoms with Crippen molar-refractivity contribution in [1.29, 1.82) is 0 Å². The normalized spacial score (nSPS) is 17.5. The van der Waals surface area contributed by atoms with Gasteiger partial charge in [0.25, 0.3) is 5.91 Å². The van der Waals surface area contributed by atoms with Crippen LogP contribution in [0.5, 0.6) is 5.88 Å². The Morgan fingerprint density at radius 3 is 2.84 bits per heavy atom. The fourth-order valence-corrected chi connectivity index (χ4v) is 2.36. The molecule has 3 heterocycles. The summed E-state index contributed by atoms with van der Waals surface area (Å²) in [5, 5.41) is 4.22. The molecule has 0 N–H and O–H groups in total. The van der Waals surface area contributed by atoms with Gasteiger partial charge in [-0.2, -0.15) is 5.10 Å². The van der Waals surface area contributed by atoms with Gasteiger partial charge in [-0.15, -0.1) is 0 Å². The molecule has 102 valence electrons. The van der Waals surface area contributed by atoms with Crippen LogP contribution in [0.15, 0.2) is 6.07 Å². The molecular formula is C12H16N4O3. The third-order valence-corrected chi connectivity index (χ3v) is 3.44. The average Bonchev–Trinajstić information content (AvgIpc) is 3.10. The van der Waals surface area contributed by atoms with Crippen molar-refractivity contribution < 1.29 is 14.3 Å². The Morgan fingerprint density at radius 1 is 1.32 bits per heavy atom. The minimum Gasteiger partial charge on any atom is -0.476 e. The zero-order valence-corrected chi connectivity index (χ0v) is 10.8. The molecular weight excluding hydrogens is 248 g/mol. The SMILES string of the molecule is CCC(=O)N1CCN(C(=O)c2cc3n(n2)CCO3)C1. The lowest BCUT2D eigenvalue weighted by Gasteiger charge is -2.16. The van der Waals surface area contributed by atoms with Gasteiger partial charge in [0.2, 0.25) is 11.8 Å². The van der Waals surface area contributed by atoms with Crippen LogP contribution >= 0.6 is 0 Å². The van der Waals surface area contributed by atoms with Crippen molar-refractivity contribution in [3.63, 3.8) is 0 Å². The van der Waals surface area contributed by atoms with Crippen LogP contribution in [-0.4, -0.2) is 57.8 Å². The second kappa shape index (κ2) is 4.56. The van der Waals surface area contributed by atoms with Crippen molar-refractivity contribution in [2.24, 2.45) is 0 Å². The lowest BCUT2D eigenvalue weighted by Crippen LogP contribution is -2.33. The first-order valence-electron chi connectivity index (χ1n) is 6.46. The zero-order chi connectivity index (χ0) is 13.4. The van der Waals surface area contributed by atoms with Gasteiger partial charge in [0.1, 0.15) is 6.61 Å². The average molecular weight is 264 g/mol. The van der Waals surface area contributed by atoms with E-state index >= 15 is 0 Å². The number of amides is 2. The highest BCUT2D eigenvalue weighted by molar-refractivity contribution is 5.93. The fourth-order valence-electron chi connectivity index (χ4n) is 2.36. The minimum atomic E-state index is -0.142. The third kappa shape index (κ3) is 2.05. The van der Waals surface area contributed by atoms with Crippen LogP contribution in [0, 0.1) is 0 Å². The highest BCUT2D eigenvalue weighted by atomic mass is 16.5. The number of hydrogen-bond donors (Lipinski definition) is 0. The number of rotatable bonds is 2. The molecule has 2 aliphatic heterocycles. The van der Waals surface area contributed by atoms with Crippen LogP contribution in [0.1, 0.15) is 23.8 Å². The topological polar surface area (TPSA) is 67.7 Å². The maximum absolute atomic E-state index is 12.3. The van der Waals surface area contributed by atoms with Gasteiger partial charge in [-0.25, -0.2) is 4.68 Å². The summed E-state index contributed by atoms with van der Waals surface area (Å²) in [6.45, 7) is 4.64. The number of nitrogens with zero attached hydrogens (tertiary/aromatic N) is 4. The lowest BCUT2D eigenvalue weighted by atomic mass is 10.4. The molecule has 1 fully saturated rings. The van der Waals surface area contributed by atoms with Gasteiger partial charge in [0.15, 0.2) is 5.69 Å². The van der Waals surface area contributed by atoms with Gasteiger partial charge in [0, 0.05) is 25.6 Å². The molecule has 0 bridgehead atoms. The fraction of sp³-hybridized carbons (Fsp3) is 0.583. The highest BCUT2D eigenvalue weighted by Crippen LogP contribution is 2.20. The Kier molecular flexibility index (Phi) is 2.88. The molecule has 0 saturated carbocycles. The molecule has 2 aliphatic rings. The zero-order valence-electron chi connectivity index (χ0n) is 10.8. The van der Waals surface area contributed by atoms with E-state index < -0.39 is 0 Å². The van der Waals surface area contributed by atoms with E-state index in [9.17, 15) is 9.59 Å². The molecule has 2 amide bonds. The van der Waals surface area contributed by atoms with Gasteiger partial charge in [0.05, 0.1) is 13.2 Å². The quantitative estimate of drug-likeness (QED) is 0.749.